The first-order valence-electron chi connectivity index (χ1n) is 8.20. The van der Waals surface area contributed by atoms with Crippen LogP contribution in [0, 0.1) is 11.8 Å². The smallest absolute Gasteiger partial charge is 0.0494 e. The Morgan fingerprint density at radius 3 is 2.79 bits per heavy atom. The van der Waals surface area contributed by atoms with Crippen LogP contribution < -0.4 is 5.32 Å². The lowest BCUT2D eigenvalue weighted by atomic mass is 10.00. The van der Waals surface area contributed by atoms with E-state index in [9.17, 15) is 0 Å². The second-order valence-corrected chi connectivity index (χ2v) is 6.95. The third-order valence-corrected chi connectivity index (χ3v) is 4.32. The van der Waals surface area contributed by atoms with E-state index in [0.717, 1.165) is 31.6 Å². The molecule has 1 saturated carbocycles. The largest absolute Gasteiger partial charge is 0.381 e. The summed E-state index contributed by atoms with van der Waals surface area (Å²) in [5, 5.41) is 3.68. The first kappa shape index (κ1) is 15.3. The van der Waals surface area contributed by atoms with Gasteiger partial charge < -0.3 is 10.1 Å². The van der Waals surface area contributed by atoms with Crippen molar-refractivity contribution >= 4 is 0 Å². The van der Waals surface area contributed by atoms with Crippen molar-refractivity contribution in [3.8, 4) is 0 Å². The van der Waals surface area contributed by atoms with Crippen LogP contribution in [-0.4, -0.2) is 49.8 Å². The number of nitrogens with zero attached hydrogens (tertiary/aromatic N) is 1. The lowest BCUT2D eigenvalue weighted by molar-refractivity contribution is 0.0895. The number of piperazine rings is 1. The molecule has 0 spiro atoms. The molecule has 2 atom stereocenters. The van der Waals surface area contributed by atoms with Gasteiger partial charge in [-0.15, -0.1) is 0 Å². The number of nitrogens with one attached hydrogen (secondary N) is 1. The molecule has 3 heteroatoms. The molecule has 2 unspecified atom stereocenters. The van der Waals surface area contributed by atoms with Gasteiger partial charge in [-0.1, -0.05) is 13.8 Å². The summed E-state index contributed by atoms with van der Waals surface area (Å²) >= 11 is 0. The van der Waals surface area contributed by atoms with Gasteiger partial charge in [0.2, 0.25) is 0 Å². The predicted octanol–water partition coefficient (Wildman–Crippen LogP) is 2.51. The average molecular weight is 268 g/mol. The highest BCUT2D eigenvalue weighted by molar-refractivity contribution is 4.84. The van der Waals surface area contributed by atoms with Crippen molar-refractivity contribution < 1.29 is 4.74 Å². The van der Waals surface area contributed by atoms with Crippen molar-refractivity contribution in [1.82, 2.24) is 10.2 Å². The van der Waals surface area contributed by atoms with Crippen molar-refractivity contribution in [1.29, 1.82) is 0 Å². The summed E-state index contributed by atoms with van der Waals surface area (Å²) in [6.07, 6.45) is 5.27. The zero-order valence-corrected chi connectivity index (χ0v) is 13.0. The van der Waals surface area contributed by atoms with E-state index < -0.39 is 0 Å². The minimum atomic E-state index is 0.673. The molecule has 112 valence electrons. The zero-order valence-electron chi connectivity index (χ0n) is 13.0. The second-order valence-electron chi connectivity index (χ2n) is 6.95. The van der Waals surface area contributed by atoms with Crippen LogP contribution in [0.25, 0.3) is 0 Å². The summed E-state index contributed by atoms with van der Waals surface area (Å²) in [6, 6.07) is 1.36. The molecule has 1 aliphatic carbocycles. The Morgan fingerprint density at radius 1 is 1.32 bits per heavy atom. The van der Waals surface area contributed by atoms with E-state index in [1.807, 2.05) is 0 Å². The van der Waals surface area contributed by atoms with Gasteiger partial charge in [-0.05, 0) is 44.4 Å². The van der Waals surface area contributed by atoms with Crippen LogP contribution in [0.3, 0.4) is 0 Å². The number of rotatable bonds is 8. The summed E-state index contributed by atoms with van der Waals surface area (Å²) in [7, 11) is 0. The zero-order chi connectivity index (χ0) is 13.7. The van der Waals surface area contributed by atoms with Crippen LogP contribution in [0.15, 0.2) is 0 Å². The molecule has 1 saturated heterocycles. The minimum Gasteiger partial charge on any atom is -0.381 e. The van der Waals surface area contributed by atoms with Gasteiger partial charge >= 0.3 is 0 Å². The molecule has 1 N–H and O–H groups in total. The molecule has 0 amide bonds. The van der Waals surface area contributed by atoms with E-state index in [1.165, 1.54) is 38.8 Å². The molecule has 0 aromatic carbocycles. The first-order chi connectivity index (χ1) is 9.15. The van der Waals surface area contributed by atoms with Crippen LogP contribution in [0.2, 0.25) is 0 Å². The Bertz CT molecular complexity index is 253. The molecular formula is C16H32N2O. The minimum absolute atomic E-state index is 0.673. The Morgan fingerprint density at radius 2 is 2.11 bits per heavy atom. The van der Waals surface area contributed by atoms with Crippen molar-refractivity contribution in [2.24, 2.45) is 11.8 Å². The standard InChI is InChI=1S/C16H32N2O/c1-13(2)9-16-11-18(14(3)10-17-16)7-4-8-19-12-15-5-6-15/h13-17H,4-12H2,1-3H3. The molecule has 2 aliphatic rings. The first-order valence-corrected chi connectivity index (χ1v) is 8.20. The van der Waals surface area contributed by atoms with E-state index in [2.05, 4.69) is 31.0 Å². The molecule has 0 aromatic heterocycles. The van der Waals surface area contributed by atoms with Gasteiger partial charge in [-0.25, -0.2) is 0 Å². The van der Waals surface area contributed by atoms with Crippen LogP contribution in [0.5, 0.6) is 0 Å². The van der Waals surface area contributed by atoms with Crippen LogP contribution >= 0.6 is 0 Å². The number of hydrogen-bond donors (Lipinski definition) is 1. The Balaban J connectivity index is 1.59. The van der Waals surface area contributed by atoms with Crippen molar-refractivity contribution in [2.45, 2.75) is 58.5 Å². The van der Waals surface area contributed by atoms with Gasteiger partial charge in [-0.3, -0.25) is 4.90 Å². The summed E-state index contributed by atoms with van der Waals surface area (Å²) < 4.78 is 5.73. The Labute approximate surface area is 119 Å². The molecule has 0 bridgehead atoms. The molecule has 1 heterocycles. The normalized spacial score (nSPS) is 29.1. The fourth-order valence-corrected chi connectivity index (χ4v) is 2.94. The highest BCUT2D eigenvalue weighted by Gasteiger charge is 2.25. The highest BCUT2D eigenvalue weighted by Crippen LogP contribution is 2.28. The monoisotopic (exact) mass is 268 g/mol. The molecule has 2 fully saturated rings. The highest BCUT2D eigenvalue weighted by atomic mass is 16.5. The number of ether oxygens (including phenoxy) is 1. The quantitative estimate of drug-likeness (QED) is 0.685. The SMILES string of the molecule is CC(C)CC1CN(CCCOCC2CC2)C(C)CN1. The maximum Gasteiger partial charge on any atom is 0.0494 e. The Hall–Kier alpha value is -0.120. The Kier molecular flexibility index (Phi) is 6.11. The van der Waals surface area contributed by atoms with E-state index in [4.69, 9.17) is 4.74 Å². The molecule has 0 aromatic rings. The van der Waals surface area contributed by atoms with E-state index in [-0.39, 0.29) is 0 Å². The molecule has 3 nitrogen and oxygen atoms in total. The van der Waals surface area contributed by atoms with Gasteiger partial charge in [0.25, 0.3) is 0 Å². The molecule has 1 aliphatic heterocycles. The van der Waals surface area contributed by atoms with Crippen molar-refractivity contribution in [3.63, 3.8) is 0 Å². The second kappa shape index (κ2) is 7.61. The molecular weight excluding hydrogens is 236 g/mol. The summed E-state index contributed by atoms with van der Waals surface area (Å²) in [5.41, 5.74) is 0. The topological polar surface area (TPSA) is 24.5 Å². The van der Waals surface area contributed by atoms with E-state index >= 15 is 0 Å². The predicted molar refractivity (Wildman–Crippen MR) is 80.4 cm³/mol. The summed E-state index contributed by atoms with van der Waals surface area (Å²) in [5.74, 6) is 1.68. The van der Waals surface area contributed by atoms with Gasteiger partial charge in [0.05, 0.1) is 0 Å². The van der Waals surface area contributed by atoms with E-state index in [1.54, 1.807) is 0 Å². The maximum atomic E-state index is 5.73. The summed E-state index contributed by atoms with van der Waals surface area (Å²) in [4.78, 5) is 2.64. The fourth-order valence-electron chi connectivity index (χ4n) is 2.94. The fraction of sp³-hybridized carbons (Fsp3) is 1.00. The van der Waals surface area contributed by atoms with Crippen molar-refractivity contribution in [3.05, 3.63) is 0 Å². The van der Waals surface area contributed by atoms with Crippen LogP contribution in [0.1, 0.15) is 46.5 Å². The third kappa shape index (κ3) is 5.80. The third-order valence-electron chi connectivity index (χ3n) is 4.32. The maximum absolute atomic E-state index is 5.73. The van der Waals surface area contributed by atoms with Gasteiger partial charge in [-0.2, -0.15) is 0 Å². The average Bonchev–Trinajstić information content (AvgIpc) is 3.16. The molecule has 2 rings (SSSR count). The summed E-state index contributed by atoms with van der Waals surface area (Å²) in [6.45, 7) is 12.5. The lowest BCUT2D eigenvalue weighted by Gasteiger charge is -2.39. The van der Waals surface area contributed by atoms with Gasteiger partial charge in [0.15, 0.2) is 0 Å². The lowest BCUT2D eigenvalue weighted by Crippen LogP contribution is -2.55. The van der Waals surface area contributed by atoms with E-state index in [0.29, 0.717) is 12.1 Å². The molecule has 0 radical (unpaired) electrons. The van der Waals surface area contributed by atoms with Crippen LogP contribution in [-0.2, 0) is 4.74 Å². The van der Waals surface area contributed by atoms with Crippen molar-refractivity contribution in [2.75, 3.05) is 32.8 Å². The molecule has 19 heavy (non-hydrogen) atoms. The number of hydrogen-bond acceptors (Lipinski definition) is 3. The van der Waals surface area contributed by atoms with Crippen LogP contribution in [0.4, 0.5) is 0 Å². The van der Waals surface area contributed by atoms with Gasteiger partial charge in [0, 0.05) is 44.9 Å². The van der Waals surface area contributed by atoms with Gasteiger partial charge in [0.1, 0.15) is 0 Å².